The first kappa shape index (κ1) is 28.9. The topological polar surface area (TPSA) is 97.5 Å². The third kappa shape index (κ3) is 6.01. The maximum absolute atomic E-state index is 13.7. The number of alkyl halides is 3. The minimum Gasteiger partial charge on any atom is -0.338 e. The number of hydrogen-bond donors (Lipinski definition) is 1. The van der Waals surface area contributed by atoms with Gasteiger partial charge in [-0.2, -0.15) is 23.5 Å². The molecule has 0 radical (unpaired) electrons. The van der Waals surface area contributed by atoms with Gasteiger partial charge in [-0.05, 0) is 94.4 Å². The molecule has 2 aliphatic heterocycles. The Bertz CT molecular complexity index is 1530. The average Bonchev–Trinajstić information content (AvgIpc) is 3.68. The van der Waals surface area contributed by atoms with Gasteiger partial charge >= 0.3 is 18.2 Å². The second-order valence-electron chi connectivity index (χ2n) is 10.2. The van der Waals surface area contributed by atoms with Crippen LogP contribution in [0.5, 0.6) is 0 Å². The number of imide groups is 1. The standard InChI is InChI=1S/C30H30F3N7O2/c1-21-26(27-12-14-36-40(27)24-10-8-22(19-34)9-11-24)20-38(28(41)35-13-5-17-37-15-2-3-16-37)29(42)39(21)25-7-4-6-23(18-25)30(31,32)33/h4,6-12,14,18H,2-3,5,13,15-17,20H2,1H3,(H,35,41). The number of nitrogens with one attached hydrogen (secondary N) is 1. The van der Waals surface area contributed by atoms with Crippen molar-refractivity contribution in [2.75, 3.05) is 37.6 Å². The molecule has 218 valence electrons. The number of aromatic nitrogens is 2. The molecule has 12 heteroatoms. The van der Waals surface area contributed by atoms with E-state index in [1.807, 2.05) is 0 Å². The van der Waals surface area contributed by atoms with Crippen molar-refractivity contribution in [2.24, 2.45) is 0 Å². The van der Waals surface area contributed by atoms with Crippen LogP contribution in [0.2, 0.25) is 0 Å². The number of rotatable bonds is 7. The first-order valence-corrected chi connectivity index (χ1v) is 13.7. The summed E-state index contributed by atoms with van der Waals surface area (Å²) >= 11 is 0. The quantitative estimate of drug-likeness (QED) is 0.367. The van der Waals surface area contributed by atoms with Crippen LogP contribution >= 0.6 is 0 Å². The molecule has 5 rings (SSSR count). The lowest BCUT2D eigenvalue weighted by molar-refractivity contribution is -0.137. The average molecular weight is 578 g/mol. The van der Waals surface area contributed by atoms with Crippen LogP contribution in [-0.2, 0) is 6.18 Å². The number of hydrogen-bond acceptors (Lipinski definition) is 5. The summed E-state index contributed by atoms with van der Waals surface area (Å²) in [6.45, 7) is 4.77. The van der Waals surface area contributed by atoms with E-state index in [4.69, 9.17) is 5.26 Å². The second-order valence-corrected chi connectivity index (χ2v) is 10.2. The number of carbonyl (C=O) groups excluding carboxylic acids is 2. The second kappa shape index (κ2) is 12.1. The lowest BCUT2D eigenvalue weighted by atomic mass is 10.0. The largest absolute Gasteiger partial charge is 0.416 e. The SMILES string of the molecule is CC1=C(c2ccnn2-c2ccc(C#N)cc2)CN(C(=O)NCCCN2CCCC2)C(=O)N1c1cccc(C(F)(F)F)c1. The summed E-state index contributed by atoms with van der Waals surface area (Å²) in [6, 6.07) is 13.6. The zero-order valence-corrected chi connectivity index (χ0v) is 23.1. The van der Waals surface area contributed by atoms with Gasteiger partial charge in [0.25, 0.3) is 0 Å². The van der Waals surface area contributed by atoms with E-state index in [-0.39, 0.29) is 12.2 Å². The zero-order valence-electron chi connectivity index (χ0n) is 23.1. The summed E-state index contributed by atoms with van der Waals surface area (Å²) in [6.07, 6.45) is -0.0309. The van der Waals surface area contributed by atoms with Gasteiger partial charge in [-0.15, -0.1) is 0 Å². The third-order valence-electron chi connectivity index (χ3n) is 7.51. The molecule has 0 atom stereocenters. The fourth-order valence-electron chi connectivity index (χ4n) is 5.30. The maximum Gasteiger partial charge on any atom is 0.416 e. The highest BCUT2D eigenvalue weighted by Gasteiger charge is 2.38. The van der Waals surface area contributed by atoms with E-state index in [0.29, 0.717) is 41.2 Å². The van der Waals surface area contributed by atoms with Crippen molar-refractivity contribution in [3.63, 3.8) is 0 Å². The van der Waals surface area contributed by atoms with Crippen LogP contribution in [0, 0.1) is 11.3 Å². The Balaban J connectivity index is 1.49. The molecule has 3 aromatic rings. The van der Waals surface area contributed by atoms with Crippen molar-refractivity contribution >= 4 is 23.3 Å². The predicted octanol–water partition coefficient (Wildman–Crippen LogP) is 5.63. The predicted molar refractivity (Wildman–Crippen MR) is 151 cm³/mol. The number of anilines is 1. The van der Waals surface area contributed by atoms with E-state index >= 15 is 0 Å². The van der Waals surface area contributed by atoms with E-state index in [0.717, 1.165) is 54.4 Å². The van der Waals surface area contributed by atoms with Crippen LogP contribution < -0.4 is 10.2 Å². The Morgan fingerprint density at radius 1 is 1.07 bits per heavy atom. The summed E-state index contributed by atoms with van der Waals surface area (Å²) in [5.41, 5.74) is 1.63. The number of halogens is 3. The van der Waals surface area contributed by atoms with Gasteiger partial charge < -0.3 is 10.2 Å². The number of allylic oxidation sites excluding steroid dienone is 1. The van der Waals surface area contributed by atoms with E-state index in [1.54, 1.807) is 48.1 Å². The molecule has 0 aliphatic carbocycles. The highest BCUT2D eigenvalue weighted by Crippen LogP contribution is 2.36. The first-order chi connectivity index (χ1) is 20.2. The minimum atomic E-state index is -4.62. The molecule has 9 nitrogen and oxygen atoms in total. The van der Waals surface area contributed by atoms with E-state index in [2.05, 4.69) is 21.4 Å². The molecule has 42 heavy (non-hydrogen) atoms. The van der Waals surface area contributed by atoms with Crippen molar-refractivity contribution in [3.05, 3.63) is 83.3 Å². The molecule has 1 saturated heterocycles. The van der Waals surface area contributed by atoms with Crippen molar-refractivity contribution in [3.8, 4) is 11.8 Å². The van der Waals surface area contributed by atoms with E-state index < -0.39 is 23.8 Å². The van der Waals surface area contributed by atoms with Gasteiger partial charge in [-0.1, -0.05) is 6.07 Å². The molecule has 2 aliphatic rings. The number of nitrogens with zero attached hydrogens (tertiary/aromatic N) is 6. The summed E-state index contributed by atoms with van der Waals surface area (Å²) in [7, 11) is 0. The molecule has 0 saturated carbocycles. The molecule has 0 spiro atoms. The van der Waals surface area contributed by atoms with Gasteiger partial charge in [-0.3, -0.25) is 4.90 Å². The number of likely N-dealkylation sites (tertiary alicyclic amines) is 1. The lowest BCUT2D eigenvalue weighted by Crippen LogP contribution is -2.53. The third-order valence-corrected chi connectivity index (χ3v) is 7.51. The fourth-order valence-corrected chi connectivity index (χ4v) is 5.30. The van der Waals surface area contributed by atoms with Gasteiger partial charge in [0.1, 0.15) is 0 Å². The van der Waals surface area contributed by atoms with Crippen LogP contribution in [0.15, 0.2) is 66.5 Å². The molecule has 1 aromatic heterocycles. The fraction of sp³-hybridized carbons (Fsp3) is 0.333. The van der Waals surface area contributed by atoms with Gasteiger partial charge in [0.15, 0.2) is 0 Å². The number of nitriles is 1. The molecule has 0 bridgehead atoms. The van der Waals surface area contributed by atoms with Crippen molar-refractivity contribution < 1.29 is 22.8 Å². The number of urea groups is 2. The van der Waals surface area contributed by atoms with Gasteiger partial charge in [0.05, 0.1) is 47.0 Å². The van der Waals surface area contributed by atoms with Crippen LogP contribution in [0.4, 0.5) is 28.4 Å². The van der Waals surface area contributed by atoms with Gasteiger partial charge in [0.2, 0.25) is 0 Å². The van der Waals surface area contributed by atoms with Gasteiger partial charge in [-0.25, -0.2) is 19.2 Å². The molecule has 1 fully saturated rings. The normalized spacial score (nSPS) is 16.2. The Morgan fingerprint density at radius 3 is 2.50 bits per heavy atom. The maximum atomic E-state index is 13.7. The molecule has 0 unspecified atom stereocenters. The van der Waals surface area contributed by atoms with Crippen LogP contribution in [0.1, 0.15) is 43.0 Å². The van der Waals surface area contributed by atoms with Crippen LogP contribution in [0.3, 0.4) is 0 Å². The Hall–Kier alpha value is -4.63. The summed E-state index contributed by atoms with van der Waals surface area (Å²) in [5, 5.41) is 16.4. The van der Waals surface area contributed by atoms with Crippen LogP contribution in [-0.4, -0.2) is 64.4 Å². The Labute approximate surface area is 241 Å². The molecule has 4 amide bonds. The van der Waals surface area contributed by atoms with Crippen molar-refractivity contribution in [1.29, 1.82) is 5.26 Å². The molecule has 2 aromatic carbocycles. The summed E-state index contributed by atoms with van der Waals surface area (Å²) in [5.74, 6) is 0. The minimum absolute atomic E-state index is 0.0132. The molecular formula is C30H30F3N7O2. The molecule has 1 N–H and O–H groups in total. The number of carbonyl (C=O) groups is 2. The Morgan fingerprint density at radius 2 is 1.81 bits per heavy atom. The molecule has 3 heterocycles. The highest BCUT2D eigenvalue weighted by molar-refractivity contribution is 6.08. The van der Waals surface area contributed by atoms with E-state index in [1.165, 1.54) is 12.1 Å². The van der Waals surface area contributed by atoms with E-state index in [9.17, 15) is 22.8 Å². The van der Waals surface area contributed by atoms with Crippen LogP contribution in [0.25, 0.3) is 11.3 Å². The summed E-state index contributed by atoms with van der Waals surface area (Å²) in [4.78, 5) is 31.6. The van der Waals surface area contributed by atoms with Gasteiger partial charge in [0, 0.05) is 17.8 Å². The monoisotopic (exact) mass is 577 g/mol. The highest BCUT2D eigenvalue weighted by atomic mass is 19.4. The molecular weight excluding hydrogens is 547 g/mol. The number of benzene rings is 2. The van der Waals surface area contributed by atoms with Crippen molar-refractivity contribution in [1.82, 2.24) is 24.9 Å². The smallest absolute Gasteiger partial charge is 0.338 e. The van der Waals surface area contributed by atoms with Crippen molar-refractivity contribution in [2.45, 2.75) is 32.4 Å². The zero-order chi connectivity index (χ0) is 29.9. The number of amides is 4. The lowest BCUT2D eigenvalue weighted by Gasteiger charge is -2.37. The Kier molecular flexibility index (Phi) is 8.31. The first-order valence-electron chi connectivity index (χ1n) is 13.7. The summed E-state index contributed by atoms with van der Waals surface area (Å²) < 4.78 is 42.4.